The SMILES string of the molecule is CCS(=O)(=O)N1CCC(C(=O)Nc2cc(C(C)(C)C)on2)CC1. The molecule has 1 aliphatic heterocycles. The fraction of sp³-hybridized carbons (Fsp3) is 0.733. The predicted molar refractivity (Wildman–Crippen MR) is 87.6 cm³/mol. The molecule has 0 saturated carbocycles. The van der Waals surface area contributed by atoms with Crippen LogP contribution in [0.3, 0.4) is 0 Å². The first kappa shape index (κ1) is 17.9. The number of sulfonamides is 1. The molecule has 2 rings (SSSR count). The van der Waals surface area contributed by atoms with Gasteiger partial charge in [-0.25, -0.2) is 12.7 Å². The lowest BCUT2D eigenvalue weighted by Gasteiger charge is -2.30. The summed E-state index contributed by atoms with van der Waals surface area (Å²) in [6.07, 6.45) is 1.05. The molecule has 1 N–H and O–H groups in total. The number of carbonyl (C=O) groups is 1. The molecule has 1 fully saturated rings. The van der Waals surface area contributed by atoms with Crippen molar-refractivity contribution in [1.82, 2.24) is 9.46 Å². The Morgan fingerprint density at radius 3 is 2.48 bits per heavy atom. The van der Waals surface area contributed by atoms with Gasteiger partial charge in [-0.05, 0) is 19.8 Å². The van der Waals surface area contributed by atoms with Crippen LogP contribution in [0, 0.1) is 5.92 Å². The number of anilines is 1. The van der Waals surface area contributed by atoms with Crippen molar-refractivity contribution in [3.63, 3.8) is 0 Å². The molecule has 1 aliphatic rings. The molecule has 0 radical (unpaired) electrons. The van der Waals surface area contributed by atoms with Gasteiger partial charge in [0.1, 0.15) is 5.76 Å². The number of nitrogens with one attached hydrogen (secondary N) is 1. The van der Waals surface area contributed by atoms with Gasteiger partial charge in [0, 0.05) is 30.5 Å². The number of nitrogens with zero attached hydrogens (tertiary/aromatic N) is 2. The Morgan fingerprint density at radius 1 is 1.39 bits per heavy atom. The van der Waals surface area contributed by atoms with Gasteiger partial charge in [0.15, 0.2) is 5.82 Å². The normalized spacial score (nSPS) is 18.1. The molecule has 0 bridgehead atoms. The van der Waals surface area contributed by atoms with Crippen molar-refractivity contribution in [3.8, 4) is 0 Å². The summed E-state index contributed by atoms with van der Waals surface area (Å²) >= 11 is 0. The molecule has 130 valence electrons. The van der Waals surface area contributed by atoms with Crippen molar-refractivity contribution in [3.05, 3.63) is 11.8 Å². The molecule has 0 atom stereocenters. The molecule has 0 unspecified atom stereocenters. The van der Waals surface area contributed by atoms with Crippen LogP contribution in [0.25, 0.3) is 0 Å². The first-order valence-corrected chi connectivity index (χ1v) is 9.50. The third-order valence-corrected chi connectivity index (χ3v) is 5.97. The fourth-order valence-electron chi connectivity index (χ4n) is 2.49. The second-order valence-corrected chi connectivity index (χ2v) is 9.15. The van der Waals surface area contributed by atoms with Crippen LogP contribution in [0.15, 0.2) is 10.6 Å². The van der Waals surface area contributed by atoms with Crippen LogP contribution in [0.1, 0.15) is 46.3 Å². The van der Waals surface area contributed by atoms with Crippen molar-refractivity contribution in [1.29, 1.82) is 0 Å². The molecule has 0 aliphatic carbocycles. The molecular weight excluding hydrogens is 318 g/mol. The second kappa shape index (κ2) is 6.60. The van der Waals surface area contributed by atoms with Crippen LogP contribution < -0.4 is 5.32 Å². The van der Waals surface area contributed by atoms with Gasteiger partial charge < -0.3 is 9.84 Å². The number of amides is 1. The smallest absolute Gasteiger partial charge is 0.228 e. The first-order chi connectivity index (χ1) is 10.6. The van der Waals surface area contributed by atoms with Gasteiger partial charge in [0.25, 0.3) is 0 Å². The van der Waals surface area contributed by atoms with Crippen molar-refractivity contribution < 1.29 is 17.7 Å². The Bertz CT molecular complexity index is 653. The van der Waals surface area contributed by atoms with E-state index >= 15 is 0 Å². The Balaban J connectivity index is 1.92. The molecule has 1 saturated heterocycles. The predicted octanol–water partition coefficient (Wildman–Crippen LogP) is 1.97. The topological polar surface area (TPSA) is 92.5 Å². The van der Waals surface area contributed by atoms with E-state index < -0.39 is 10.0 Å². The lowest BCUT2D eigenvalue weighted by molar-refractivity contribution is -0.120. The maximum absolute atomic E-state index is 12.3. The number of rotatable bonds is 4. The zero-order chi connectivity index (χ0) is 17.3. The molecule has 0 aromatic carbocycles. The van der Waals surface area contributed by atoms with Crippen molar-refractivity contribution >= 4 is 21.7 Å². The summed E-state index contributed by atoms with van der Waals surface area (Å²) < 4.78 is 30.3. The zero-order valence-corrected chi connectivity index (χ0v) is 14.9. The minimum absolute atomic E-state index is 0.0956. The number of carbonyl (C=O) groups excluding carboxylic acids is 1. The lowest BCUT2D eigenvalue weighted by Crippen LogP contribution is -2.42. The van der Waals surface area contributed by atoms with Crippen LogP contribution in [0.4, 0.5) is 5.82 Å². The average Bonchev–Trinajstić information content (AvgIpc) is 2.96. The van der Waals surface area contributed by atoms with E-state index in [-0.39, 0.29) is 23.0 Å². The molecule has 8 heteroatoms. The molecule has 7 nitrogen and oxygen atoms in total. The minimum atomic E-state index is -3.17. The highest BCUT2D eigenvalue weighted by Gasteiger charge is 2.30. The molecular formula is C15H25N3O4S. The average molecular weight is 343 g/mol. The van der Waals surface area contributed by atoms with Crippen molar-refractivity contribution in [2.24, 2.45) is 5.92 Å². The third kappa shape index (κ3) is 4.32. The Labute approximate surface area is 137 Å². The molecule has 1 aromatic rings. The summed E-state index contributed by atoms with van der Waals surface area (Å²) in [7, 11) is -3.17. The molecule has 2 heterocycles. The van der Waals surface area contributed by atoms with Crippen LogP contribution in [0.2, 0.25) is 0 Å². The number of hydrogen-bond donors (Lipinski definition) is 1. The molecule has 0 spiro atoms. The van der Waals surface area contributed by atoms with E-state index in [1.165, 1.54) is 4.31 Å². The van der Waals surface area contributed by atoms with Gasteiger partial charge in [-0.1, -0.05) is 25.9 Å². The Morgan fingerprint density at radius 2 is 2.00 bits per heavy atom. The van der Waals surface area contributed by atoms with E-state index in [4.69, 9.17) is 4.52 Å². The number of hydrogen-bond acceptors (Lipinski definition) is 5. The quantitative estimate of drug-likeness (QED) is 0.902. The molecule has 1 aromatic heterocycles. The fourth-order valence-corrected chi connectivity index (χ4v) is 3.63. The van der Waals surface area contributed by atoms with Gasteiger partial charge in [-0.2, -0.15) is 0 Å². The third-order valence-electron chi connectivity index (χ3n) is 4.08. The van der Waals surface area contributed by atoms with Crippen molar-refractivity contribution in [2.45, 2.75) is 46.0 Å². The number of aromatic nitrogens is 1. The van der Waals surface area contributed by atoms with E-state index in [1.54, 1.807) is 13.0 Å². The molecule has 1 amide bonds. The summed E-state index contributed by atoms with van der Waals surface area (Å²) in [5.74, 6) is 0.874. The highest BCUT2D eigenvalue weighted by atomic mass is 32.2. The van der Waals surface area contributed by atoms with Gasteiger partial charge in [-0.15, -0.1) is 0 Å². The summed E-state index contributed by atoms with van der Waals surface area (Å²) in [5, 5.41) is 6.63. The molecule has 23 heavy (non-hydrogen) atoms. The highest BCUT2D eigenvalue weighted by molar-refractivity contribution is 7.89. The Kier molecular flexibility index (Phi) is 5.15. The van der Waals surface area contributed by atoms with E-state index in [1.807, 2.05) is 20.8 Å². The van der Waals surface area contributed by atoms with Gasteiger partial charge in [0.2, 0.25) is 15.9 Å². The van der Waals surface area contributed by atoms with E-state index in [9.17, 15) is 13.2 Å². The van der Waals surface area contributed by atoms with Crippen LogP contribution in [-0.4, -0.2) is 42.6 Å². The van der Waals surface area contributed by atoms with Gasteiger partial charge >= 0.3 is 0 Å². The van der Waals surface area contributed by atoms with Crippen LogP contribution >= 0.6 is 0 Å². The van der Waals surface area contributed by atoms with E-state index in [2.05, 4.69) is 10.5 Å². The Hall–Kier alpha value is -1.41. The van der Waals surface area contributed by atoms with Gasteiger partial charge in [0.05, 0.1) is 5.75 Å². The maximum atomic E-state index is 12.3. The number of piperidine rings is 1. The monoisotopic (exact) mass is 343 g/mol. The zero-order valence-electron chi connectivity index (χ0n) is 14.1. The standard InChI is InChI=1S/C15H25N3O4S/c1-5-23(20,21)18-8-6-11(7-9-18)14(19)16-13-10-12(22-17-13)15(2,3)4/h10-11H,5-9H2,1-4H3,(H,16,17,19). The second-order valence-electron chi connectivity index (χ2n) is 6.89. The highest BCUT2D eigenvalue weighted by Crippen LogP contribution is 2.26. The van der Waals surface area contributed by atoms with Crippen LogP contribution in [-0.2, 0) is 20.2 Å². The maximum Gasteiger partial charge on any atom is 0.228 e. The van der Waals surface area contributed by atoms with Crippen LogP contribution in [0.5, 0.6) is 0 Å². The van der Waals surface area contributed by atoms with E-state index in [0.717, 1.165) is 0 Å². The summed E-state index contributed by atoms with van der Waals surface area (Å²) in [5.41, 5.74) is -0.171. The van der Waals surface area contributed by atoms with Gasteiger partial charge in [-0.3, -0.25) is 4.79 Å². The van der Waals surface area contributed by atoms with Crippen molar-refractivity contribution in [2.75, 3.05) is 24.2 Å². The summed E-state index contributed by atoms with van der Waals surface area (Å²) in [6, 6.07) is 1.73. The first-order valence-electron chi connectivity index (χ1n) is 7.89. The largest absolute Gasteiger partial charge is 0.359 e. The minimum Gasteiger partial charge on any atom is -0.359 e. The summed E-state index contributed by atoms with van der Waals surface area (Å²) in [4.78, 5) is 12.3. The lowest BCUT2D eigenvalue weighted by atomic mass is 9.93. The summed E-state index contributed by atoms with van der Waals surface area (Å²) in [6.45, 7) is 8.42. The van der Waals surface area contributed by atoms with E-state index in [0.29, 0.717) is 37.5 Å².